The molecule has 0 spiro atoms. The lowest BCUT2D eigenvalue weighted by atomic mass is 9.85. The summed E-state index contributed by atoms with van der Waals surface area (Å²) in [6.07, 6.45) is 5.55. The molecule has 1 aliphatic heterocycles. The lowest BCUT2D eigenvalue weighted by Gasteiger charge is -2.33. The predicted octanol–water partition coefficient (Wildman–Crippen LogP) is 0.881. The smallest absolute Gasteiger partial charge is 0.323 e. The fourth-order valence-electron chi connectivity index (χ4n) is 3.45. The van der Waals surface area contributed by atoms with Gasteiger partial charge in [-0.05, 0) is 25.2 Å². The molecular weight excluding hydrogens is 244 g/mol. The second kappa shape index (κ2) is 5.90. The first-order valence-corrected chi connectivity index (χ1v) is 7.08. The van der Waals surface area contributed by atoms with Gasteiger partial charge in [0.1, 0.15) is 6.04 Å². The van der Waals surface area contributed by atoms with E-state index in [2.05, 4.69) is 4.90 Å². The van der Waals surface area contributed by atoms with Crippen molar-refractivity contribution >= 4 is 11.9 Å². The van der Waals surface area contributed by atoms with Gasteiger partial charge in [0.25, 0.3) is 0 Å². The zero-order valence-corrected chi connectivity index (χ0v) is 12.1. The van der Waals surface area contributed by atoms with Crippen molar-refractivity contribution in [2.45, 2.75) is 44.2 Å². The monoisotopic (exact) mass is 268 g/mol. The molecule has 3 atom stereocenters. The van der Waals surface area contributed by atoms with Gasteiger partial charge < -0.3 is 9.64 Å². The van der Waals surface area contributed by atoms with E-state index in [-0.39, 0.29) is 17.9 Å². The molecule has 0 aromatic carbocycles. The molecule has 19 heavy (non-hydrogen) atoms. The van der Waals surface area contributed by atoms with E-state index in [1.165, 1.54) is 26.4 Å². The van der Waals surface area contributed by atoms with Crippen LogP contribution >= 0.6 is 0 Å². The fourth-order valence-corrected chi connectivity index (χ4v) is 3.45. The van der Waals surface area contributed by atoms with Crippen LogP contribution in [0.5, 0.6) is 0 Å². The molecule has 0 aromatic rings. The third kappa shape index (κ3) is 2.91. The highest BCUT2D eigenvalue weighted by molar-refractivity contribution is 5.80. The summed E-state index contributed by atoms with van der Waals surface area (Å²) >= 11 is 0. The number of likely N-dealkylation sites (tertiary alicyclic amines) is 1. The first-order chi connectivity index (χ1) is 9.04. The van der Waals surface area contributed by atoms with Gasteiger partial charge in [0.2, 0.25) is 5.91 Å². The average Bonchev–Trinajstić information content (AvgIpc) is 2.77. The van der Waals surface area contributed by atoms with Crippen LogP contribution in [-0.4, -0.2) is 61.5 Å². The van der Waals surface area contributed by atoms with Crippen LogP contribution in [-0.2, 0) is 14.3 Å². The standard InChI is InChI=1S/C14H24N2O3/c1-15(2)13(17)9-16-11-7-5-4-6-10(11)8-12(16)14(18)19-3/h10-12H,4-9H2,1-3H3. The van der Waals surface area contributed by atoms with E-state index in [4.69, 9.17) is 4.74 Å². The Morgan fingerprint density at radius 1 is 1.26 bits per heavy atom. The van der Waals surface area contributed by atoms with Crippen molar-refractivity contribution < 1.29 is 14.3 Å². The summed E-state index contributed by atoms with van der Waals surface area (Å²) in [7, 11) is 4.93. The summed E-state index contributed by atoms with van der Waals surface area (Å²) < 4.78 is 4.91. The number of likely N-dealkylation sites (N-methyl/N-ethyl adjacent to an activating group) is 1. The van der Waals surface area contributed by atoms with Gasteiger partial charge in [-0.2, -0.15) is 0 Å². The Hall–Kier alpha value is -1.10. The SMILES string of the molecule is COC(=O)C1CC2CCCCC2N1CC(=O)N(C)C. The maximum absolute atomic E-state index is 12.0. The summed E-state index contributed by atoms with van der Waals surface area (Å²) in [4.78, 5) is 27.6. The largest absolute Gasteiger partial charge is 0.468 e. The summed E-state index contributed by atoms with van der Waals surface area (Å²) in [5.41, 5.74) is 0. The van der Waals surface area contributed by atoms with E-state index in [9.17, 15) is 9.59 Å². The molecule has 3 unspecified atom stereocenters. The number of hydrogen-bond acceptors (Lipinski definition) is 4. The lowest BCUT2D eigenvalue weighted by molar-refractivity contribution is -0.147. The van der Waals surface area contributed by atoms with Crippen molar-refractivity contribution in [1.29, 1.82) is 0 Å². The Balaban J connectivity index is 2.13. The highest BCUT2D eigenvalue weighted by Crippen LogP contribution is 2.39. The van der Waals surface area contributed by atoms with Crippen molar-refractivity contribution in [3.63, 3.8) is 0 Å². The topological polar surface area (TPSA) is 49.9 Å². The summed E-state index contributed by atoms with van der Waals surface area (Å²) in [5, 5.41) is 0. The number of rotatable bonds is 3. The molecule has 1 saturated carbocycles. The third-order valence-electron chi connectivity index (χ3n) is 4.51. The Kier molecular flexibility index (Phi) is 4.45. The van der Waals surface area contributed by atoms with Crippen LogP contribution in [0.25, 0.3) is 0 Å². The first kappa shape index (κ1) is 14.3. The molecule has 1 aliphatic carbocycles. The lowest BCUT2D eigenvalue weighted by Crippen LogP contribution is -2.47. The normalized spacial score (nSPS) is 30.8. The Labute approximate surface area is 114 Å². The van der Waals surface area contributed by atoms with Crippen LogP contribution in [0.3, 0.4) is 0 Å². The number of carbonyl (C=O) groups excluding carboxylic acids is 2. The van der Waals surface area contributed by atoms with E-state index in [0.717, 1.165) is 12.8 Å². The minimum Gasteiger partial charge on any atom is -0.468 e. The molecule has 1 saturated heterocycles. The number of amides is 1. The number of carbonyl (C=O) groups is 2. The van der Waals surface area contributed by atoms with Crippen molar-refractivity contribution in [2.24, 2.45) is 5.92 Å². The molecular formula is C14H24N2O3. The van der Waals surface area contributed by atoms with Gasteiger partial charge in [0, 0.05) is 20.1 Å². The van der Waals surface area contributed by atoms with Gasteiger partial charge in [-0.1, -0.05) is 12.8 Å². The van der Waals surface area contributed by atoms with Crippen LogP contribution in [0.1, 0.15) is 32.1 Å². The van der Waals surface area contributed by atoms with Crippen LogP contribution in [0.15, 0.2) is 0 Å². The molecule has 0 aromatic heterocycles. The second-order valence-electron chi connectivity index (χ2n) is 5.85. The Morgan fingerprint density at radius 2 is 1.95 bits per heavy atom. The summed E-state index contributed by atoms with van der Waals surface area (Å²) in [6.45, 7) is 0.327. The van der Waals surface area contributed by atoms with E-state index in [1.54, 1.807) is 19.0 Å². The molecule has 2 rings (SSSR count). The summed E-state index contributed by atoms with van der Waals surface area (Å²) in [5.74, 6) is 0.411. The van der Waals surface area contributed by atoms with E-state index in [1.807, 2.05) is 0 Å². The zero-order chi connectivity index (χ0) is 14.0. The Bertz CT molecular complexity index is 357. The van der Waals surface area contributed by atoms with Crippen molar-refractivity contribution in [2.75, 3.05) is 27.7 Å². The number of fused-ring (bicyclic) bond motifs is 1. The molecule has 0 bridgehead atoms. The van der Waals surface area contributed by atoms with Crippen molar-refractivity contribution in [1.82, 2.24) is 9.80 Å². The molecule has 108 valence electrons. The van der Waals surface area contributed by atoms with Crippen LogP contribution in [0.4, 0.5) is 0 Å². The van der Waals surface area contributed by atoms with Gasteiger partial charge in [0.05, 0.1) is 13.7 Å². The quantitative estimate of drug-likeness (QED) is 0.713. The molecule has 0 N–H and O–H groups in total. The second-order valence-corrected chi connectivity index (χ2v) is 5.85. The molecule has 5 nitrogen and oxygen atoms in total. The highest BCUT2D eigenvalue weighted by Gasteiger charge is 2.46. The number of esters is 1. The first-order valence-electron chi connectivity index (χ1n) is 7.08. The highest BCUT2D eigenvalue weighted by atomic mass is 16.5. The fraction of sp³-hybridized carbons (Fsp3) is 0.857. The molecule has 1 heterocycles. The molecule has 5 heteroatoms. The predicted molar refractivity (Wildman–Crippen MR) is 71.6 cm³/mol. The van der Waals surface area contributed by atoms with Crippen LogP contribution in [0.2, 0.25) is 0 Å². The summed E-state index contributed by atoms with van der Waals surface area (Å²) in [6, 6.07) is 0.142. The molecule has 2 fully saturated rings. The third-order valence-corrected chi connectivity index (χ3v) is 4.51. The molecule has 1 amide bonds. The number of nitrogens with zero attached hydrogens (tertiary/aromatic N) is 2. The maximum atomic E-state index is 12.0. The number of methoxy groups -OCH3 is 1. The van der Waals surface area contributed by atoms with Gasteiger partial charge in [-0.25, -0.2) is 0 Å². The van der Waals surface area contributed by atoms with Gasteiger partial charge >= 0.3 is 5.97 Å². The molecule has 2 aliphatic rings. The zero-order valence-electron chi connectivity index (χ0n) is 12.1. The minimum atomic E-state index is -0.234. The molecule has 0 radical (unpaired) electrons. The maximum Gasteiger partial charge on any atom is 0.323 e. The van der Waals surface area contributed by atoms with Crippen molar-refractivity contribution in [3.8, 4) is 0 Å². The van der Waals surface area contributed by atoms with Crippen molar-refractivity contribution in [3.05, 3.63) is 0 Å². The van der Waals surface area contributed by atoms with Gasteiger partial charge in [-0.15, -0.1) is 0 Å². The Morgan fingerprint density at radius 3 is 2.58 bits per heavy atom. The van der Waals surface area contributed by atoms with E-state index >= 15 is 0 Å². The van der Waals surface area contributed by atoms with Crippen LogP contribution in [0, 0.1) is 5.92 Å². The van der Waals surface area contributed by atoms with Crippen LogP contribution < -0.4 is 0 Å². The van der Waals surface area contributed by atoms with E-state index < -0.39 is 0 Å². The average molecular weight is 268 g/mol. The number of ether oxygens (including phenoxy) is 1. The minimum absolute atomic E-state index is 0.0557. The van der Waals surface area contributed by atoms with Gasteiger partial charge in [-0.3, -0.25) is 14.5 Å². The number of hydrogen-bond donors (Lipinski definition) is 0. The van der Waals surface area contributed by atoms with E-state index in [0.29, 0.717) is 18.5 Å². The van der Waals surface area contributed by atoms with Gasteiger partial charge in [0.15, 0.2) is 0 Å².